The Labute approximate surface area is 156 Å². The molecule has 0 radical (unpaired) electrons. The van der Waals surface area contributed by atoms with Crippen LogP contribution in [-0.2, 0) is 14.4 Å². The molecule has 2 aliphatic rings. The molecular weight excluding hydrogens is 365 g/mol. The third-order valence-corrected chi connectivity index (χ3v) is 5.07. The van der Waals surface area contributed by atoms with Crippen molar-refractivity contribution >= 4 is 40.7 Å². The van der Waals surface area contributed by atoms with E-state index in [1.54, 1.807) is 30.1 Å². The number of nitrogens with one attached hydrogen (secondary N) is 1. The fourth-order valence-corrected chi connectivity index (χ4v) is 3.73. The summed E-state index contributed by atoms with van der Waals surface area (Å²) in [6.07, 6.45) is 2.05. The van der Waals surface area contributed by atoms with Crippen molar-refractivity contribution in [2.24, 2.45) is 5.16 Å². The predicted octanol–water partition coefficient (Wildman–Crippen LogP) is 2.61. The van der Waals surface area contributed by atoms with Crippen LogP contribution in [0.15, 0.2) is 23.4 Å². The summed E-state index contributed by atoms with van der Waals surface area (Å²) in [5.74, 6) is -0.356. The van der Waals surface area contributed by atoms with Gasteiger partial charge in [0.2, 0.25) is 12.0 Å². The summed E-state index contributed by atoms with van der Waals surface area (Å²) < 4.78 is 0. The molecule has 2 heterocycles. The molecule has 134 valence electrons. The summed E-state index contributed by atoms with van der Waals surface area (Å²) in [6.45, 7) is 0.549. The molecule has 0 saturated carbocycles. The van der Waals surface area contributed by atoms with Crippen molar-refractivity contribution < 1.29 is 14.4 Å². The minimum Gasteiger partial charge on any atom is -0.382 e. The van der Waals surface area contributed by atoms with Crippen LogP contribution in [0.3, 0.4) is 0 Å². The summed E-state index contributed by atoms with van der Waals surface area (Å²) in [5.41, 5.74) is 1.30. The second-order valence-corrected chi connectivity index (χ2v) is 6.96. The van der Waals surface area contributed by atoms with Gasteiger partial charge in [0.05, 0.1) is 10.7 Å². The third-order valence-electron chi connectivity index (χ3n) is 4.52. The molecule has 6 nitrogen and oxygen atoms in total. The van der Waals surface area contributed by atoms with Gasteiger partial charge in [-0.1, -0.05) is 34.4 Å². The number of oxime groups is 1. The highest BCUT2D eigenvalue weighted by molar-refractivity contribution is 6.37. The molecule has 2 amide bonds. The number of halogens is 2. The van der Waals surface area contributed by atoms with Gasteiger partial charge in [0.1, 0.15) is 6.04 Å². The number of benzene rings is 1. The molecule has 3 rings (SSSR count). The van der Waals surface area contributed by atoms with E-state index in [0.717, 1.165) is 12.8 Å². The molecule has 25 heavy (non-hydrogen) atoms. The Bertz CT molecular complexity index is 723. The summed E-state index contributed by atoms with van der Waals surface area (Å²) in [5, 5.41) is 7.64. The van der Waals surface area contributed by atoms with Crippen molar-refractivity contribution in [1.82, 2.24) is 10.2 Å². The molecule has 0 aromatic heterocycles. The largest absolute Gasteiger partial charge is 0.382 e. The number of hydrogen-bond acceptors (Lipinski definition) is 4. The first kappa shape index (κ1) is 18.0. The van der Waals surface area contributed by atoms with Crippen LogP contribution in [0.2, 0.25) is 10.0 Å². The van der Waals surface area contributed by atoms with Gasteiger partial charge in [-0.2, -0.15) is 0 Å². The van der Waals surface area contributed by atoms with Crippen LogP contribution in [0.1, 0.15) is 31.2 Å². The van der Waals surface area contributed by atoms with Gasteiger partial charge in [0.25, 0.3) is 5.91 Å². The van der Waals surface area contributed by atoms with E-state index in [-0.39, 0.29) is 11.8 Å². The van der Waals surface area contributed by atoms with Gasteiger partial charge >= 0.3 is 0 Å². The summed E-state index contributed by atoms with van der Waals surface area (Å²) in [4.78, 5) is 31.9. The van der Waals surface area contributed by atoms with Crippen molar-refractivity contribution in [2.75, 3.05) is 13.6 Å². The zero-order valence-electron chi connectivity index (χ0n) is 13.8. The molecule has 1 aromatic rings. The number of likely N-dealkylation sites (tertiary alicyclic amines) is 1. The van der Waals surface area contributed by atoms with E-state index < -0.39 is 12.1 Å². The number of carbonyl (C=O) groups is 2. The van der Waals surface area contributed by atoms with Crippen molar-refractivity contribution in [3.63, 3.8) is 0 Å². The molecular formula is C17H19Cl2N3O3. The van der Waals surface area contributed by atoms with E-state index >= 15 is 0 Å². The normalized spacial score (nSPS) is 23.0. The SMILES string of the molecule is CNC(=O)[C@H]1CCCCN1C(=O)[C@@H]1CC(c2ccc(Cl)cc2Cl)=NO1. The predicted molar refractivity (Wildman–Crippen MR) is 95.9 cm³/mol. The molecule has 0 spiro atoms. The second kappa shape index (κ2) is 7.62. The molecule has 0 unspecified atom stereocenters. The Morgan fingerprint density at radius 3 is 2.84 bits per heavy atom. The Balaban J connectivity index is 1.71. The van der Waals surface area contributed by atoms with Crippen LogP contribution in [0, 0.1) is 0 Å². The zero-order valence-corrected chi connectivity index (χ0v) is 15.3. The lowest BCUT2D eigenvalue weighted by molar-refractivity contribution is -0.150. The number of rotatable bonds is 3. The molecule has 0 bridgehead atoms. The first-order valence-corrected chi connectivity index (χ1v) is 8.97. The van der Waals surface area contributed by atoms with Crippen molar-refractivity contribution in [3.8, 4) is 0 Å². The van der Waals surface area contributed by atoms with E-state index in [2.05, 4.69) is 10.5 Å². The smallest absolute Gasteiger partial charge is 0.267 e. The maximum atomic E-state index is 12.8. The average Bonchev–Trinajstić information content (AvgIpc) is 3.10. The molecule has 1 saturated heterocycles. The Hall–Kier alpha value is -1.79. The molecule has 2 atom stereocenters. The van der Waals surface area contributed by atoms with E-state index in [4.69, 9.17) is 28.0 Å². The Morgan fingerprint density at radius 1 is 1.32 bits per heavy atom. The van der Waals surface area contributed by atoms with Crippen molar-refractivity contribution in [3.05, 3.63) is 33.8 Å². The van der Waals surface area contributed by atoms with Crippen LogP contribution in [0.4, 0.5) is 0 Å². The molecule has 1 fully saturated rings. The number of amides is 2. The summed E-state index contributed by atoms with van der Waals surface area (Å²) in [6, 6.07) is 4.65. The number of nitrogens with zero attached hydrogens (tertiary/aromatic N) is 2. The maximum Gasteiger partial charge on any atom is 0.267 e. The maximum absolute atomic E-state index is 12.8. The summed E-state index contributed by atoms with van der Waals surface area (Å²) >= 11 is 12.1. The van der Waals surface area contributed by atoms with Gasteiger partial charge < -0.3 is 15.1 Å². The van der Waals surface area contributed by atoms with Crippen LogP contribution in [-0.4, -0.2) is 48.2 Å². The standard InChI is InChI=1S/C17H19Cl2N3O3/c1-20-16(23)14-4-2-3-7-22(14)17(24)15-9-13(21-25-15)11-6-5-10(18)8-12(11)19/h5-6,8,14-15H,2-4,7,9H2,1H3,(H,20,23)/t14-,15+/m1/s1. The average molecular weight is 384 g/mol. The molecule has 2 aliphatic heterocycles. The third kappa shape index (κ3) is 3.75. The summed E-state index contributed by atoms with van der Waals surface area (Å²) in [7, 11) is 1.58. The lowest BCUT2D eigenvalue weighted by Crippen LogP contribution is -2.54. The monoisotopic (exact) mass is 383 g/mol. The minimum absolute atomic E-state index is 0.145. The number of carbonyl (C=O) groups excluding carboxylic acids is 2. The number of hydrogen-bond donors (Lipinski definition) is 1. The Morgan fingerprint density at radius 2 is 2.12 bits per heavy atom. The van der Waals surface area contributed by atoms with Crippen LogP contribution < -0.4 is 5.32 Å². The highest BCUT2D eigenvalue weighted by atomic mass is 35.5. The van der Waals surface area contributed by atoms with Crippen molar-refractivity contribution in [2.45, 2.75) is 37.8 Å². The topological polar surface area (TPSA) is 71.0 Å². The number of likely N-dealkylation sites (N-methyl/N-ethyl adjacent to an activating group) is 1. The van der Waals surface area contributed by atoms with Gasteiger partial charge in [-0.05, 0) is 31.4 Å². The number of piperidine rings is 1. The quantitative estimate of drug-likeness (QED) is 0.871. The highest BCUT2D eigenvalue weighted by Crippen LogP contribution is 2.28. The van der Waals surface area contributed by atoms with Gasteiger partial charge in [-0.25, -0.2) is 0 Å². The van der Waals surface area contributed by atoms with Gasteiger partial charge in [-0.3, -0.25) is 9.59 Å². The first-order chi connectivity index (χ1) is 12.0. The van der Waals surface area contributed by atoms with Gasteiger partial charge in [0, 0.05) is 30.6 Å². The van der Waals surface area contributed by atoms with Crippen LogP contribution in [0.25, 0.3) is 0 Å². The van der Waals surface area contributed by atoms with Crippen molar-refractivity contribution in [1.29, 1.82) is 0 Å². The van der Waals surface area contributed by atoms with Gasteiger partial charge in [-0.15, -0.1) is 0 Å². The lowest BCUT2D eigenvalue weighted by atomic mass is 9.99. The fourth-order valence-electron chi connectivity index (χ4n) is 3.21. The van der Waals surface area contributed by atoms with E-state index in [1.165, 1.54) is 0 Å². The molecule has 0 aliphatic carbocycles. The van der Waals surface area contributed by atoms with Crippen LogP contribution in [0.5, 0.6) is 0 Å². The van der Waals surface area contributed by atoms with Gasteiger partial charge in [0.15, 0.2) is 0 Å². The molecule has 1 N–H and O–H groups in total. The zero-order chi connectivity index (χ0) is 18.0. The van der Waals surface area contributed by atoms with Crippen LogP contribution >= 0.6 is 23.2 Å². The first-order valence-electron chi connectivity index (χ1n) is 8.21. The lowest BCUT2D eigenvalue weighted by Gasteiger charge is -2.35. The molecule has 1 aromatic carbocycles. The Kier molecular flexibility index (Phi) is 5.49. The van der Waals surface area contributed by atoms with E-state index in [9.17, 15) is 9.59 Å². The second-order valence-electron chi connectivity index (χ2n) is 6.12. The van der Waals surface area contributed by atoms with E-state index in [0.29, 0.717) is 40.7 Å². The highest BCUT2D eigenvalue weighted by Gasteiger charge is 2.38. The van der Waals surface area contributed by atoms with E-state index in [1.807, 2.05) is 0 Å². The molecule has 8 heteroatoms. The fraction of sp³-hybridized carbons (Fsp3) is 0.471. The minimum atomic E-state index is -0.730.